The van der Waals surface area contributed by atoms with Gasteiger partial charge in [-0.25, -0.2) is 0 Å². The van der Waals surface area contributed by atoms with Crippen LogP contribution < -0.4 is 16.2 Å². The van der Waals surface area contributed by atoms with Crippen LogP contribution in [-0.2, 0) is 4.74 Å². The van der Waals surface area contributed by atoms with Gasteiger partial charge in [-0.2, -0.15) is 5.10 Å². The lowest BCUT2D eigenvalue weighted by Gasteiger charge is -2.10. The summed E-state index contributed by atoms with van der Waals surface area (Å²) in [5, 5.41) is 7.89. The molecule has 0 aliphatic rings. The van der Waals surface area contributed by atoms with Crippen molar-refractivity contribution < 1.29 is 9.47 Å². The highest BCUT2D eigenvalue weighted by atomic mass is 16.5. The maximum Gasteiger partial charge on any atom is 0.153 e. The number of hydrogen-bond acceptors (Lipinski definition) is 5. The lowest BCUT2D eigenvalue weighted by atomic mass is 10.0. The summed E-state index contributed by atoms with van der Waals surface area (Å²) in [6.07, 6.45) is 0. The fourth-order valence-corrected chi connectivity index (χ4v) is 2.39. The van der Waals surface area contributed by atoms with Crippen LogP contribution in [0.5, 0.6) is 5.75 Å². The van der Waals surface area contributed by atoms with Crippen LogP contribution in [-0.4, -0.2) is 30.5 Å². The van der Waals surface area contributed by atoms with E-state index in [1.54, 1.807) is 7.11 Å². The number of H-pyrrole nitrogens is 1. The number of benzene rings is 2. The summed E-state index contributed by atoms with van der Waals surface area (Å²) in [6, 6.07) is 11.5. The zero-order valence-corrected chi connectivity index (χ0v) is 12.3. The van der Waals surface area contributed by atoms with Gasteiger partial charge in [-0.15, -0.1) is 0 Å². The fraction of sp³-hybridized carbons (Fsp3) is 0.188. The van der Waals surface area contributed by atoms with Crippen LogP contribution in [0.1, 0.15) is 0 Å². The summed E-state index contributed by atoms with van der Waals surface area (Å²) in [4.78, 5) is 0. The minimum absolute atomic E-state index is 0.444. The monoisotopic (exact) mass is 298 g/mol. The van der Waals surface area contributed by atoms with Crippen molar-refractivity contribution in [2.24, 2.45) is 0 Å². The Balaban J connectivity index is 2.07. The van der Waals surface area contributed by atoms with Crippen LogP contribution in [0.4, 0.5) is 11.5 Å². The Bertz CT molecular complexity index is 781. The molecule has 0 unspecified atom stereocenters. The van der Waals surface area contributed by atoms with E-state index in [0.29, 0.717) is 24.8 Å². The topological polar surface area (TPSA) is 99.2 Å². The molecule has 3 rings (SSSR count). The van der Waals surface area contributed by atoms with Crippen molar-refractivity contribution in [2.45, 2.75) is 0 Å². The van der Waals surface area contributed by atoms with E-state index >= 15 is 0 Å². The molecule has 0 radical (unpaired) electrons. The zero-order valence-electron chi connectivity index (χ0n) is 12.3. The molecular formula is C16H18N4O2. The van der Waals surface area contributed by atoms with Gasteiger partial charge >= 0.3 is 0 Å². The molecule has 5 N–H and O–H groups in total. The van der Waals surface area contributed by atoms with Crippen LogP contribution in [0.25, 0.3) is 22.0 Å². The van der Waals surface area contributed by atoms with Gasteiger partial charge in [0, 0.05) is 12.8 Å². The Hall–Kier alpha value is -2.73. The maximum atomic E-state index is 6.02. The molecule has 3 aromatic rings. The van der Waals surface area contributed by atoms with E-state index in [0.717, 1.165) is 27.7 Å². The molecule has 0 bridgehead atoms. The third-order valence-corrected chi connectivity index (χ3v) is 3.48. The van der Waals surface area contributed by atoms with Crippen LogP contribution in [0.15, 0.2) is 36.4 Å². The number of fused-ring (bicyclic) bond motifs is 1. The maximum absolute atomic E-state index is 6.02. The number of methoxy groups -OCH3 is 1. The summed E-state index contributed by atoms with van der Waals surface area (Å²) in [5.74, 6) is 1.15. The number of nitrogens with one attached hydrogen (secondary N) is 1. The summed E-state index contributed by atoms with van der Waals surface area (Å²) < 4.78 is 10.7. The van der Waals surface area contributed by atoms with Crippen molar-refractivity contribution >= 4 is 22.4 Å². The largest absolute Gasteiger partial charge is 0.489 e. The van der Waals surface area contributed by atoms with Crippen LogP contribution in [0, 0.1) is 0 Å². The number of aromatic nitrogens is 2. The van der Waals surface area contributed by atoms with Crippen molar-refractivity contribution in [2.75, 3.05) is 31.8 Å². The van der Waals surface area contributed by atoms with Crippen molar-refractivity contribution in [3.63, 3.8) is 0 Å². The highest BCUT2D eigenvalue weighted by Crippen LogP contribution is 2.36. The van der Waals surface area contributed by atoms with Crippen LogP contribution >= 0.6 is 0 Å². The quantitative estimate of drug-likeness (QED) is 0.496. The number of aromatic amines is 1. The highest BCUT2D eigenvalue weighted by Gasteiger charge is 2.14. The van der Waals surface area contributed by atoms with Gasteiger partial charge in [-0.3, -0.25) is 5.10 Å². The van der Waals surface area contributed by atoms with E-state index in [1.807, 2.05) is 36.4 Å². The van der Waals surface area contributed by atoms with Gasteiger partial charge in [0.15, 0.2) is 5.82 Å². The molecular weight excluding hydrogens is 280 g/mol. The first-order valence-electron chi connectivity index (χ1n) is 6.95. The molecule has 2 aromatic carbocycles. The van der Waals surface area contributed by atoms with E-state index < -0.39 is 0 Å². The van der Waals surface area contributed by atoms with E-state index in [4.69, 9.17) is 20.9 Å². The average molecular weight is 298 g/mol. The summed E-state index contributed by atoms with van der Waals surface area (Å²) in [5.41, 5.74) is 15.3. The number of anilines is 2. The molecule has 0 saturated carbocycles. The molecule has 22 heavy (non-hydrogen) atoms. The van der Waals surface area contributed by atoms with E-state index in [-0.39, 0.29) is 0 Å². The second kappa shape index (κ2) is 5.95. The van der Waals surface area contributed by atoms with Gasteiger partial charge in [0.25, 0.3) is 0 Å². The summed E-state index contributed by atoms with van der Waals surface area (Å²) in [6.45, 7) is 0.983. The number of rotatable bonds is 5. The minimum Gasteiger partial charge on any atom is -0.489 e. The minimum atomic E-state index is 0.444. The SMILES string of the molecule is COCCOc1ccc(-c2ccc(N)cc2)c2c(N)n[nH]c12. The van der Waals surface area contributed by atoms with Gasteiger partial charge in [0.1, 0.15) is 17.9 Å². The van der Waals surface area contributed by atoms with Crippen molar-refractivity contribution in [1.29, 1.82) is 0 Å². The third kappa shape index (κ3) is 2.56. The molecule has 0 saturated heterocycles. The molecule has 6 heteroatoms. The molecule has 0 aliphatic carbocycles. The molecule has 0 amide bonds. The van der Waals surface area contributed by atoms with Gasteiger partial charge in [-0.05, 0) is 35.4 Å². The van der Waals surface area contributed by atoms with E-state index in [1.165, 1.54) is 0 Å². The van der Waals surface area contributed by atoms with Gasteiger partial charge in [0.05, 0.1) is 12.0 Å². The second-order valence-electron chi connectivity index (χ2n) is 4.93. The van der Waals surface area contributed by atoms with Crippen LogP contribution in [0.2, 0.25) is 0 Å². The average Bonchev–Trinajstić information content (AvgIpc) is 2.91. The van der Waals surface area contributed by atoms with Crippen LogP contribution in [0.3, 0.4) is 0 Å². The molecule has 0 aliphatic heterocycles. The standard InChI is InChI=1S/C16H18N4O2/c1-21-8-9-22-13-7-6-12(10-2-4-11(17)5-3-10)14-15(13)19-20-16(14)18/h2-7H,8-9,17H2,1H3,(H3,18,19,20). The normalized spacial score (nSPS) is 11.0. The number of ether oxygens (including phenoxy) is 2. The Morgan fingerprint density at radius 2 is 1.82 bits per heavy atom. The fourth-order valence-electron chi connectivity index (χ4n) is 2.39. The third-order valence-electron chi connectivity index (χ3n) is 3.48. The molecule has 0 fully saturated rings. The molecule has 6 nitrogen and oxygen atoms in total. The Kier molecular flexibility index (Phi) is 3.84. The lowest BCUT2D eigenvalue weighted by Crippen LogP contribution is -2.04. The van der Waals surface area contributed by atoms with Crippen molar-refractivity contribution in [3.8, 4) is 16.9 Å². The number of nitrogen functional groups attached to an aromatic ring is 2. The lowest BCUT2D eigenvalue weighted by molar-refractivity contribution is 0.147. The van der Waals surface area contributed by atoms with Crippen molar-refractivity contribution in [1.82, 2.24) is 10.2 Å². The number of nitrogens with zero attached hydrogens (tertiary/aromatic N) is 1. The van der Waals surface area contributed by atoms with Crippen molar-refractivity contribution in [3.05, 3.63) is 36.4 Å². The number of nitrogens with two attached hydrogens (primary N) is 2. The predicted octanol–water partition coefficient (Wildman–Crippen LogP) is 2.42. The smallest absolute Gasteiger partial charge is 0.153 e. The Morgan fingerprint density at radius 1 is 1.05 bits per heavy atom. The predicted molar refractivity (Wildman–Crippen MR) is 87.7 cm³/mol. The molecule has 114 valence electrons. The van der Waals surface area contributed by atoms with E-state index in [2.05, 4.69) is 10.2 Å². The molecule has 1 aromatic heterocycles. The first-order valence-corrected chi connectivity index (χ1v) is 6.95. The van der Waals surface area contributed by atoms with Gasteiger partial charge < -0.3 is 20.9 Å². The highest BCUT2D eigenvalue weighted by molar-refractivity contribution is 6.04. The Morgan fingerprint density at radius 3 is 2.55 bits per heavy atom. The molecule has 0 atom stereocenters. The number of hydrogen-bond donors (Lipinski definition) is 3. The summed E-state index contributed by atoms with van der Waals surface area (Å²) >= 11 is 0. The molecule has 1 heterocycles. The summed E-state index contributed by atoms with van der Waals surface area (Å²) in [7, 11) is 1.64. The van der Waals surface area contributed by atoms with Gasteiger partial charge in [-0.1, -0.05) is 12.1 Å². The van der Waals surface area contributed by atoms with Gasteiger partial charge in [0.2, 0.25) is 0 Å². The first-order chi connectivity index (χ1) is 10.7. The zero-order chi connectivity index (χ0) is 15.5. The van der Waals surface area contributed by atoms with E-state index in [9.17, 15) is 0 Å². The second-order valence-corrected chi connectivity index (χ2v) is 4.93. The molecule has 0 spiro atoms. The first kappa shape index (κ1) is 14.2. The Labute approximate surface area is 128 Å².